The Kier molecular flexibility index (Phi) is 24.2. The van der Waals surface area contributed by atoms with Gasteiger partial charge in [0.1, 0.15) is 55.7 Å². The van der Waals surface area contributed by atoms with Crippen LogP contribution in [-0.2, 0) is 27.5 Å². The van der Waals surface area contributed by atoms with Crippen LogP contribution in [0.3, 0.4) is 0 Å². The first-order valence-electron chi connectivity index (χ1n) is 32.9. The maximum absolute atomic E-state index is 13.7. The zero-order valence-corrected chi connectivity index (χ0v) is 59.2. The zero-order chi connectivity index (χ0) is 72.7. The highest BCUT2D eigenvalue weighted by Gasteiger charge is 2.49. The Balaban J connectivity index is 0.000000161. The number of urea groups is 3. The molecule has 10 heterocycles. The molecular weight excluding hydrogens is 1390 g/mol. The van der Waals surface area contributed by atoms with Crippen molar-refractivity contribution in [1.82, 2.24) is 61.6 Å². The topological polar surface area (TPSA) is 440 Å². The lowest BCUT2D eigenvalue weighted by Crippen LogP contribution is -2.50. The number of benzene rings is 3. The molecule has 534 valence electrons. The molecule has 0 bridgehead atoms. The smallest absolute Gasteiger partial charge is 0.319 e. The van der Waals surface area contributed by atoms with E-state index in [0.29, 0.717) is 165 Å². The Morgan fingerprint density at radius 1 is 0.588 bits per heavy atom. The van der Waals surface area contributed by atoms with Crippen molar-refractivity contribution in [3.05, 3.63) is 112 Å². The van der Waals surface area contributed by atoms with Crippen molar-refractivity contribution in [2.24, 2.45) is 31.6 Å². The number of anilines is 3. The van der Waals surface area contributed by atoms with Gasteiger partial charge in [-0.25, -0.2) is 19.1 Å². The van der Waals surface area contributed by atoms with E-state index in [4.69, 9.17) is 33.6 Å². The molecule has 13 rings (SSSR count). The Hall–Kier alpha value is -10.6. The van der Waals surface area contributed by atoms with Gasteiger partial charge in [-0.3, -0.25) is 59.7 Å². The van der Waals surface area contributed by atoms with Crippen molar-refractivity contribution >= 4 is 162 Å². The number of terminal acetylenes is 1. The van der Waals surface area contributed by atoms with Crippen LogP contribution in [0.1, 0.15) is 96.1 Å². The van der Waals surface area contributed by atoms with Crippen LogP contribution >= 0.6 is 45.6 Å². The van der Waals surface area contributed by atoms with Crippen LogP contribution in [0.15, 0.2) is 99.1 Å². The first kappa shape index (κ1) is 74.1. The van der Waals surface area contributed by atoms with Gasteiger partial charge in [0.2, 0.25) is 0 Å². The fourth-order valence-electron chi connectivity index (χ4n) is 12.4. The molecule has 0 aliphatic carbocycles. The molecule has 6 aliphatic heterocycles. The van der Waals surface area contributed by atoms with Crippen LogP contribution in [0, 0.1) is 12.3 Å². The van der Waals surface area contributed by atoms with Crippen molar-refractivity contribution < 1.29 is 43.2 Å². The number of hydrogen-bond donors (Lipinski definition) is 11. The molecule has 0 atom stereocenters. The summed E-state index contributed by atoms with van der Waals surface area (Å²) in [4.78, 5) is 136. The first-order chi connectivity index (χ1) is 49.3. The molecule has 3 spiro atoms. The summed E-state index contributed by atoms with van der Waals surface area (Å²) in [6.07, 6.45) is 8.79. The average Bonchev–Trinajstić information content (AvgIpc) is 1.60. The molecule has 6 aliphatic rings. The van der Waals surface area contributed by atoms with E-state index in [1.54, 1.807) is 25.6 Å². The number of aliphatic imine (C=N–C) groups is 3. The molecule has 102 heavy (non-hydrogen) atoms. The van der Waals surface area contributed by atoms with Crippen molar-refractivity contribution in [2.45, 2.75) is 89.0 Å². The minimum absolute atomic E-state index is 0.0115. The molecule has 4 aromatic heterocycles. The molecule has 3 fully saturated rings. The van der Waals surface area contributed by atoms with Crippen LogP contribution in [-0.4, -0.2) is 195 Å². The van der Waals surface area contributed by atoms with Gasteiger partial charge in [-0.2, -0.15) is 0 Å². The number of nitrogens with zero attached hydrogens (tertiary/aromatic N) is 12. The van der Waals surface area contributed by atoms with Gasteiger partial charge < -0.3 is 58.1 Å². The maximum atomic E-state index is 13.7. The molecule has 3 saturated heterocycles. The molecule has 13 N–H and O–H groups in total. The van der Waals surface area contributed by atoms with Crippen molar-refractivity contribution in [3.8, 4) is 12.3 Å². The van der Waals surface area contributed by atoms with Crippen LogP contribution in [0.2, 0.25) is 0 Å². The van der Waals surface area contributed by atoms with Gasteiger partial charge in [-0.15, -0.1) is 57.1 Å². The number of alkyl halides is 1. The quantitative estimate of drug-likeness (QED) is 0.0172. The number of nitrogens with one attached hydrogen (secondary N) is 9. The van der Waals surface area contributed by atoms with Gasteiger partial charge in [0.05, 0.1) is 47.6 Å². The lowest BCUT2D eigenvalue weighted by Gasteiger charge is -2.35. The number of rotatable bonds is 15. The number of fused-ring (bicyclic) bond motifs is 3. The molecule has 0 radical (unpaired) electrons. The molecule has 3 aromatic carbocycles. The number of carbonyl (C=O) groups excluding carboxylic acids is 9. The third-order valence-corrected chi connectivity index (χ3v) is 21.0. The number of azide groups is 1. The Labute approximate surface area is 601 Å². The van der Waals surface area contributed by atoms with Gasteiger partial charge in [0.15, 0.2) is 0 Å². The molecule has 32 nitrogen and oxygen atoms in total. The van der Waals surface area contributed by atoms with Crippen LogP contribution in [0.25, 0.3) is 40.7 Å². The highest BCUT2D eigenvalue weighted by atomic mass is 35.5. The summed E-state index contributed by atoms with van der Waals surface area (Å²) < 4.78 is 4.33. The lowest BCUT2D eigenvalue weighted by molar-refractivity contribution is -0.125. The normalized spacial score (nSPS) is 16.7. The Bertz CT molecular complexity index is 4560. The van der Waals surface area contributed by atoms with E-state index in [9.17, 15) is 43.2 Å². The summed E-state index contributed by atoms with van der Waals surface area (Å²) in [5.74, 6) is 2.66. The number of aromatic nitrogens is 3. The van der Waals surface area contributed by atoms with Gasteiger partial charge in [-0.05, 0) is 83.0 Å². The van der Waals surface area contributed by atoms with Crippen LogP contribution in [0.5, 0.6) is 0 Å². The number of nitrogens with two attached hydrogens (primary N) is 2. The summed E-state index contributed by atoms with van der Waals surface area (Å²) in [5, 5.41) is 40.1. The van der Waals surface area contributed by atoms with E-state index in [1.165, 1.54) is 34.0 Å². The minimum atomic E-state index is -0.935. The standard InChI is InChI=1S/C23H27N9O3S.C20H22ClN5O3S.C20H22N8O3S.C3H5N/c1-2-25-22(35)27-19-18(15-5-3-4-6-16(15)36-19)20(33)31-9-7-23(8-10-31)21(34)26-17(28-23)13-32-12-14(11-24)29-30-32;1-2-22-19(29)24-16-15(12-5-3-4-6-13(12)30-16)17(27)26-9-7-20(8-10-26)18(28)23-14(11-21)25-20;1-2-22-19(31)25-16-15(12-5-3-4-6-13(12)32-16)17(29)28-9-7-20(8-10-28)18(30)24-14(26-20)11-23-27-21;1-2-3-4/h3-6,12H,2,7-11,13,24H2,1H3,(H2,25,27,35)(H,26,28,34);3-6H,2,7-11H2,1H3,(H2,22,24,29)(H,23,25,28);3-6H,2,7-11H2,1H3,(H2,22,25,31)(H,24,26,30);1H,3-4H2. The minimum Gasteiger partial charge on any atom is -0.338 e. The van der Waals surface area contributed by atoms with Crippen LogP contribution in [0.4, 0.5) is 29.4 Å². The molecule has 0 saturated carbocycles. The molecular formula is C66H76ClN23O9S3. The number of amides is 12. The summed E-state index contributed by atoms with van der Waals surface area (Å²) in [6.45, 7) is 10.0. The Morgan fingerprint density at radius 2 is 0.931 bits per heavy atom. The van der Waals surface area contributed by atoms with Crippen molar-refractivity contribution in [2.75, 3.05) is 93.8 Å². The second-order valence-electron chi connectivity index (χ2n) is 23.9. The average molecular weight is 1470 g/mol. The fraction of sp³-hybridized carbons (Fsp3) is 0.394. The molecule has 12 amide bonds. The summed E-state index contributed by atoms with van der Waals surface area (Å²) in [7, 11) is 0. The molecule has 7 aromatic rings. The van der Waals surface area contributed by atoms with Gasteiger partial charge >= 0.3 is 18.1 Å². The monoisotopic (exact) mass is 1470 g/mol. The number of halogens is 1. The summed E-state index contributed by atoms with van der Waals surface area (Å²) in [5.41, 5.74) is 18.3. The number of carbonyl (C=O) groups is 9. The highest BCUT2D eigenvalue weighted by molar-refractivity contribution is 7.24. The van der Waals surface area contributed by atoms with Gasteiger partial charge in [0, 0.05) is 101 Å². The maximum Gasteiger partial charge on any atom is 0.319 e. The van der Waals surface area contributed by atoms with E-state index >= 15 is 0 Å². The second-order valence-corrected chi connectivity index (χ2v) is 27.3. The number of amidine groups is 3. The van der Waals surface area contributed by atoms with E-state index in [2.05, 4.69) is 90.5 Å². The van der Waals surface area contributed by atoms with E-state index < -0.39 is 16.6 Å². The van der Waals surface area contributed by atoms with Gasteiger partial charge in [-0.1, -0.05) is 70.8 Å². The predicted octanol–water partition coefficient (Wildman–Crippen LogP) is 6.52. The lowest BCUT2D eigenvalue weighted by atomic mass is 9.87. The third-order valence-electron chi connectivity index (χ3n) is 17.5. The fourth-order valence-corrected chi connectivity index (χ4v) is 15.8. The zero-order valence-electron chi connectivity index (χ0n) is 56.0. The third kappa shape index (κ3) is 16.4. The summed E-state index contributed by atoms with van der Waals surface area (Å²) in [6, 6.07) is 21.6. The summed E-state index contributed by atoms with van der Waals surface area (Å²) >= 11 is 9.90. The van der Waals surface area contributed by atoms with E-state index in [0.717, 1.165) is 30.3 Å². The van der Waals surface area contributed by atoms with Crippen molar-refractivity contribution in [3.63, 3.8) is 0 Å². The van der Waals surface area contributed by atoms with Crippen LogP contribution < -0.4 is 59.3 Å². The highest BCUT2D eigenvalue weighted by Crippen LogP contribution is 2.42. The van der Waals surface area contributed by atoms with Crippen molar-refractivity contribution in [1.29, 1.82) is 0 Å². The molecule has 36 heteroatoms. The SMILES string of the molecule is C#CCN.CCNC(=O)Nc1sc2ccccc2c1C(=O)N1CCC2(CC1)N=C(CCl)NC2=O.CCNC(=O)Nc1sc2ccccc2c1C(=O)N1CCC2(CC1)N=C(CN=[N+]=[N-])NC2=O.CCNC(=O)Nc1sc2ccccc2c1C(=O)N1CCC2(CC1)N=C(Cn1cc(CN)nn1)NC2=O. The number of piperidine rings is 3. The number of likely N-dealkylation sites (tertiary alicyclic amines) is 3. The molecule has 0 unspecified atom stereocenters. The second kappa shape index (κ2) is 33.3. The Morgan fingerprint density at radius 3 is 1.25 bits per heavy atom. The van der Waals surface area contributed by atoms with Gasteiger partial charge in [0.25, 0.3) is 35.4 Å². The predicted molar refractivity (Wildman–Crippen MR) is 394 cm³/mol. The van der Waals surface area contributed by atoms with E-state index in [-0.39, 0.29) is 72.5 Å². The first-order valence-corrected chi connectivity index (χ1v) is 35.8. The van der Waals surface area contributed by atoms with E-state index in [1.807, 2.05) is 93.6 Å². The number of hydrogen-bond acceptors (Lipinski definition) is 20. The largest absolute Gasteiger partial charge is 0.338 e. The number of thiophene rings is 3.